The third-order valence-corrected chi connectivity index (χ3v) is 4.29. The Kier molecular flexibility index (Phi) is 4.36. The van der Waals surface area contributed by atoms with E-state index in [-0.39, 0.29) is 11.3 Å². The third kappa shape index (κ3) is 3.23. The summed E-state index contributed by atoms with van der Waals surface area (Å²) in [6.45, 7) is 0. The quantitative estimate of drug-likeness (QED) is 0.580. The normalized spacial score (nSPS) is 10.8. The van der Waals surface area contributed by atoms with Crippen molar-refractivity contribution in [2.24, 2.45) is 0 Å². The Hall–Kier alpha value is -2.31. The van der Waals surface area contributed by atoms with Crippen molar-refractivity contribution < 1.29 is 9.90 Å². The first-order valence-corrected chi connectivity index (χ1v) is 8.05. The molecular formula is C16H11ClN2O3S. The second-order valence-corrected chi connectivity index (χ2v) is 6.09. The summed E-state index contributed by atoms with van der Waals surface area (Å²) in [5.41, 5.74) is 0.822. The Bertz CT molecular complexity index is 955. The van der Waals surface area contributed by atoms with Crippen LogP contribution in [0.4, 0.5) is 0 Å². The number of nitrogens with zero attached hydrogens (tertiary/aromatic N) is 2. The fraction of sp³-hybridized carbons (Fsp3) is 0.0625. The van der Waals surface area contributed by atoms with E-state index in [0.29, 0.717) is 26.8 Å². The van der Waals surface area contributed by atoms with E-state index in [1.807, 2.05) is 0 Å². The molecule has 0 bridgehead atoms. The van der Waals surface area contributed by atoms with Gasteiger partial charge in [-0.3, -0.25) is 14.2 Å². The summed E-state index contributed by atoms with van der Waals surface area (Å²) in [5.74, 6) is -1.17. The molecule has 0 saturated heterocycles. The van der Waals surface area contributed by atoms with E-state index in [4.69, 9.17) is 16.7 Å². The molecule has 0 aliphatic carbocycles. The second kappa shape index (κ2) is 6.44. The average Bonchev–Trinajstić information content (AvgIpc) is 2.53. The number of aromatic nitrogens is 2. The minimum absolute atomic E-state index is 0.189. The van der Waals surface area contributed by atoms with Gasteiger partial charge in [0.15, 0.2) is 5.16 Å². The molecule has 0 aliphatic heterocycles. The topological polar surface area (TPSA) is 72.2 Å². The van der Waals surface area contributed by atoms with Gasteiger partial charge in [0.25, 0.3) is 5.56 Å². The molecule has 0 spiro atoms. The van der Waals surface area contributed by atoms with Gasteiger partial charge in [-0.1, -0.05) is 41.6 Å². The lowest BCUT2D eigenvalue weighted by Gasteiger charge is -2.12. The lowest BCUT2D eigenvalue weighted by atomic mass is 10.2. The third-order valence-electron chi connectivity index (χ3n) is 3.14. The van der Waals surface area contributed by atoms with E-state index in [1.165, 1.54) is 4.57 Å². The van der Waals surface area contributed by atoms with Gasteiger partial charge in [-0.2, -0.15) is 0 Å². The molecule has 0 unspecified atom stereocenters. The molecule has 23 heavy (non-hydrogen) atoms. The highest BCUT2D eigenvalue weighted by Gasteiger charge is 2.14. The van der Waals surface area contributed by atoms with Crippen LogP contribution in [0, 0.1) is 0 Å². The second-order valence-electron chi connectivity index (χ2n) is 4.71. The Morgan fingerprint density at radius 2 is 2.00 bits per heavy atom. The van der Waals surface area contributed by atoms with Crippen LogP contribution < -0.4 is 5.56 Å². The van der Waals surface area contributed by atoms with Crippen molar-refractivity contribution in [3.63, 3.8) is 0 Å². The maximum atomic E-state index is 12.8. The van der Waals surface area contributed by atoms with Crippen LogP contribution in [0.15, 0.2) is 58.5 Å². The maximum absolute atomic E-state index is 12.8. The smallest absolute Gasteiger partial charge is 0.313 e. The summed E-state index contributed by atoms with van der Waals surface area (Å²) in [5, 5.41) is 10.2. The van der Waals surface area contributed by atoms with Crippen molar-refractivity contribution in [2.75, 3.05) is 5.75 Å². The number of hydrogen-bond donors (Lipinski definition) is 1. The molecule has 0 fully saturated rings. The standard InChI is InChI=1S/C16H11ClN2O3S/c17-10-4-3-5-11(8-10)19-15(22)12-6-1-2-7-13(12)18-16(19)23-9-14(20)21/h1-8H,9H2,(H,20,21). The number of fused-ring (bicyclic) bond motifs is 1. The molecule has 1 heterocycles. The molecule has 0 radical (unpaired) electrons. The number of carbonyl (C=O) groups is 1. The molecule has 1 aromatic heterocycles. The average molecular weight is 347 g/mol. The van der Waals surface area contributed by atoms with Crippen LogP contribution in [0.3, 0.4) is 0 Å². The van der Waals surface area contributed by atoms with Crippen LogP contribution in [-0.2, 0) is 4.79 Å². The molecular weight excluding hydrogens is 336 g/mol. The summed E-state index contributed by atoms with van der Waals surface area (Å²) in [4.78, 5) is 28.1. The van der Waals surface area contributed by atoms with Gasteiger partial charge in [-0.15, -0.1) is 0 Å². The van der Waals surface area contributed by atoms with Crippen molar-refractivity contribution in [3.8, 4) is 5.69 Å². The number of aliphatic carboxylic acids is 1. The first-order chi connectivity index (χ1) is 11.1. The number of halogens is 1. The molecule has 116 valence electrons. The monoisotopic (exact) mass is 346 g/mol. The highest BCUT2D eigenvalue weighted by molar-refractivity contribution is 7.99. The van der Waals surface area contributed by atoms with Gasteiger partial charge in [0, 0.05) is 5.02 Å². The highest BCUT2D eigenvalue weighted by atomic mass is 35.5. The van der Waals surface area contributed by atoms with E-state index in [1.54, 1.807) is 48.5 Å². The van der Waals surface area contributed by atoms with Gasteiger partial charge in [0.05, 0.1) is 22.3 Å². The predicted octanol–water partition coefficient (Wildman–Crippen LogP) is 3.22. The number of carboxylic acids is 1. The van der Waals surface area contributed by atoms with E-state index >= 15 is 0 Å². The fourth-order valence-electron chi connectivity index (χ4n) is 2.18. The number of thioether (sulfide) groups is 1. The molecule has 3 rings (SSSR count). The van der Waals surface area contributed by atoms with Crippen molar-refractivity contribution in [1.82, 2.24) is 9.55 Å². The van der Waals surface area contributed by atoms with Crippen LogP contribution >= 0.6 is 23.4 Å². The van der Waals surface area contributed by atoms with Crippen molar-refractivity contribution in [1.29, 1.82) is 0 Å². The lowest BCUT2D eigenvalue weighted by molar-refractivity contribution is -0.133. The van der Waals surface area contributed by atoms with Crippen molar-refractivity contribution in [2.45, 2.75) is 5.16 Å². The van der Waals surface area contributed by atoms with Crippen LogP contribution in [0.1, 0.15) is 0 Å². The van der Waals surface area contributed by atoms with Crippen LogP contribution in [0.25, 0.3) is 16.6 Å². The Morgan fingerprint density at radius 3 is 2.74 bits per heavy atom. The molecule has 2 aromatic carbocycles. The van der Waals surface area contributed by atoms with E-state index in [2.05, 4.69) is 4.98 Å². The highest BCUT2D eigenvalue weighted by Crippen LogP contribution is 2.22. The molecule has 0 atom stereocenters. The predicted molar refractivity (Wildman–Crippen MR) is 90.7 cm³/mol. The molecule has 1 N–H and O–H groups in total. The number of rotatable bonds is 4. The van der Waals surface area contributed by atoms with Gasteiger partial charge in [0.1, 0.15) is 0 Å². The zero-order chi connectivity index (χ0) is 16.4. The summed E-state index contributed by atoms with van der Waals surface area (Å²) >= 11 is 7.00. The Balaban J connectivity index is 2.27. The largest absolute Gasteiger partial charge is 0.481 e. The van der Waals surface area contributed by atoms with E-state index in [9.17, 15) is 9.59 Å². The molecule has 5 nitrogen and oxygen atoms in total. The molecule has 0 aliphatic rings. The van der Waals surface area contributed by atoms with Gasteiger partial charge in [-0.05, 0) is 30.3 Å². The molecule has 0 amide bonds. The maximum Gasteiger partial charge on any atom is 0.313 e. The SMILES string of the molecule is O=C(O)CSc1nc2ccccc2c(=O)n1-c1cccc(Cl)c1. The first kappa shape index (κ1) is 15.6. The Labute approximate surface area is 140 Å². The fourth-order valence-corrected chi connectivity index (χ4v) is 3.10. The number of para-hydroxylation sites is 1. The number of hydrogen-bond acceptors (Lipinski definition) is 4. The van der Waals surface area contributed by atoms with Crippen LogP contribution in [-0.4, -0.2) is 26.4 Å². The number of benzene rings is 2. The Morgan fingerprint density at radius 1 is 1.22 bits per heavy atom. The van der Waals surface area contributed by atoms with Gasteiger partial charge in [0.2, 0.25) is 0 Å². The minimum Gasteiger partial charge on any atom is -0.481 e. The van der Waals surface area contributed by atoms with Gasteiger partial charge < -0.3 is 5.11 Å². The van der Waals surface area contributed by atoms with Crippen molar-refractivity contribution >= 4 is 40.2 Å². The summed E-state index contributed by atoms with van der Waals surface area (Å²) in [7, 11) is 0. The van der Waals surface area contributed by atoms with Gasteiger partial charge in [-0.25, -0.2) is 4.98 Å². The molecule has 0 saturated carbocycles. The molecule has 7 heteroatoms. The number of carboxylic acid groups (broad SMARTS) is 1. The van der Waals surface area contributed by atoms with Crippen LogP contribution in [0.5, 0.6) is 0 Å². The van der Waals surface area contributed by atoms with Crippen LogP contribution in [0.2, 0.25) is 5.02 Å². The summed E-state index contributed by atoms with van der Waals surface area (Å²) in [6, 6.07) is 13.8. The summed E-state index contributed by atoms with van der Waals surface area (Å²) in [6.07, 6.45) is 0. The van der Waals surface area contributed by atoms with E-state index < -0.39 is 5.97 Å². The lowest BCUT2D eigenvalue weighted by Crippen LogP contribution is -2.22. The van der Waals surface area contributed by atoms with Crippen molar-refractivity contribution in [3.05, 3.63) is 63.9 Å². The summed E-state index contributed by atoms with van der Waals surface area (Å²) < 4.78 is 1.39. The van der Waals surface area contributed by atoms with Gasteiger partial charge >= 0.3 is 5.97 Å². The van der Waals surface area contributed by atoms with E-state index in [0.717, 1.165) is 11.8 Å². The zero-order valence-electron chi connectivity index (χ0n) is 11.8. The zero-order valence-corrected chi connectivity index (χ0v) is 13.3. The minimum atomic E-state index is -0.977. The molecule has 3 aromatic rings. The first-order valence-electron chi connectivity index (χ1n) is 6.68.